The van der Waals surface area contributed by atoms with E-state index < -0.39 is 83.2 Å². The quantitative estimate of drug-likeness (QED) is 0.0516. The lowest BCUT2D eigenvalue weighted by atomic mass is 9.71. The molecular weight excluding hydrogens is 1220 g/mol. The second-order valence-electron chi connectivity index (χ2n) is 29.4. The first kappa shape index (κ1) is 75.4. The third-order valence-electron chi connectivity index (χ3n) is 21.9. The maximum absolute atomic E-state index is 14.1. The molecule has 2 spiro atoms. The molecule has 95 heavy (non-hydrogen) atoms. The van der Waals surface area contributed by atoms with Crippen LogP contribution in [-0.4, -0.2) is 196 Å². The third-order valence-corrected chi connectivity index (χ3v) is 21.9. The first-order chi connectivity index (χ1) is 45.3. The van der Waals surface area contributed by atoms with Crippen molar-refractivity contribution in [2.75, 3.05) is 67.4 Å². The number of esters is 2. The van der Waals surface area contributed by atoms with Gasteiger partial charge >= 0.3 is 11.9 Å². The second kappa shape index (κ2) is 33.1. The van der Waals surface area contributed by atoms with Gasteiger partial charge in [-0.05, 0) is 110 Å². The number of carbonyl (C=O) groups excluding carboxylic acids is 2. The lowest BCUT2D eigenvalue weighted by Crippen LogP contribution is -2.58. The Morgan fingerprint density at radius 1 is 0.579 bits per heavy atom. The van der Waals surface area contributed by atoms with Crippen molar-refractivity contribution >= 4 is 11.9 Å². The molecule has 8 heterocycles. The summed E-state index contributed by atoms with van der Waals surface area (Å²) >= 11 is 0. The van der Waals surface area contributed by atoms with Gasteiger partial charge < -0.3 is 86.7 Å². The number of methoxy groups -OCH3 is 2. The number of carbonyl (C=O) groups is 2. The van der Waals surface area contributed by atoms with Gasteiger partial charge in [0.2, 0.25) is 0 Å². The first-order valence-electron chi connectivity index (χ1n) is 35.3. The van der Waals surface area contributed by atoms with Crippen LogP contribution < -0.4 is 0 Å². The molecule has 0 unspecified atom stereocenters. The number of hydrogen-bond donors (Lipinski definition) is 4. The topological polar surface area (TPSA) is 244 Å². The summed E-state index contributed by atoms with van der Waals surface area (Å²) in [4.78, 5) is 28.2. The zero-order chi connectivity index (χ0) is 68.6. The SMILES string of the molecule is CC[C@H](C)[C@H]1O[C@]2(CC[C@@H]1C)C[C@@H]1C[C@@H](C/C=C(\C)[C@@H](OCOCCOC)[C@@H](C)/C=C/C=C3\CO[C@@H]4[C@H](O)C(C)=C[C@@H](C(=O)O1)[C@]34O)O2.COCCOCO[C@@H]1/C(C)=C/C[C@@H]2C[C@@H](C[C@]3(CC[C@H](C)[C@@H](C(C)C)O3)O2)OC(=O)[C@@H]2C=C(C)[C@@H](O)[C@H]3OC/C(=C\C=C\[C@@H]1C)[C@]32O. The molecule has 0 aromatic heterocycles. The average Bonchev–Trinajstić information content (AvgIpc) is 1.62. The van der Waals surface area contributed by atoms with Crippen molar-refractivity contribution in [2.45, 2.75) is 250 Å². The Hall–Kier alpha value is -3.78. The van der Waals surface area contributed by atoms with E-state index in [9.17, 15) is 30.0 Å². The van der Waals surface area contributed by atoms with E-state index in [-0.39, 0.29) is 75.3 Å². The maximum atomic E-state index is 14.1. The van der Waals surface area contributed by atoms with Crippen molar-refractivity contribution in [1.29, 1.82) is 0 Å². The van der Waals surface area contributed by atoms with E-state index in [1.54, 1.807) is 52.4 Å². The summed E-state index contributed by atoms with van der Waals surface area (Å²) in [5.41, 5.74) is 0.720. The molecular formula is C75H114O20. The molecule has 0 radical (unpaired) electrons. The monoisotopic (exact) mass is 1330 g/mol. The summed E-state index contributed by atoms with van der Waals surface area (Å²) in [6.07, 6.45) is 20.1. The summed E-state index contributed by atoms with van der Waals surface area (Å²) in [6.45, 7) is 27.2. The van der Waals surface area contributed by atoms with Crippen LogP contribution >= 0.6 is 0 Å². The highest BCUT2D eigenvalue weighted by atomic mass is 16.7. The van der Waals surface area contributed by atoms with E-state index in [0.29, 0.717) is 124 Å². The summed E-state index contributed by atoms with van der Waals surface area (Å²) in [5, 5.41) is 46.6. The molecule has 0 aromatic rings. The fourth-order valence-electron chi connectivity index (χ4n) is 16.2. The number of aliphatic hydroxyl groups is 4. The van der Waals surface area contributed by atoms with Crippen LogP contribution in [-0.2, 0) is 75.9 Å². The van der Waals surface area contributed by atoms with Crippen LogP contribution in [0.1, 0.15) is 154 Å². The standard InChI is InChI=1S/C38H58O10.C37H56O10/c1-8-23(2)34-26(5)14-15-37(48-34)20-30-19-29(47-37)13-12-25(4)33(45-22-43-17-16-42-7)24(3)10-9-11-28-21-44-35-32(39)27(6)18-31(36(40)46-30)38(28,35)41;1-22(2)32-25(5)13-14-36(47-32)19-29-18-28(46-36)12-11-24(4)33(44-21-42-16-15-41-7)23(3)9-8-10-27-20-43-34-31(38)26(6)17-30(35(39)45-29)37(27,34)40/h9-12,18,23-24,26,29-35,39,41H,8,13-17,19-22H2,1-7H3;8-11,17,22-23,25,28-34,38,40H,12-16,18-21H2,1-7H3/b10-9+,25-12+,28-11+;9-8+,24-11+,27-10+/t23-,24-,26-,29+,30-,31-,32+,33-,34+,35+,37+,38+;23-,25-,28+,29-,30-,31+,32+,33-,34+,36+,37+/m00/s1. The van der Waals surface area contributed by atoms with Crippen molar-refractivity contribution in [1.82, 2.24) is 0 Å². The van der Waals surface area contributed by atoms with Crippen LogP contribution in [0.5, 0.6) is 0 Å². The zero-order valence-electron chi connectivity index (χ0n) is 59.1. The highest BCUT2D eigenvalue weighted by Gasteiger charge is 2.62. The molecule has 20 heteroatoms. The average molecular weight is 1340 g/mol. The van der Waals surface area contributed by atoms with Crippen LogP contribution in [0.15, 0.2) is 94.2 Å². The Bertz CT molecular complexity index is 2840. The van der Waals surface area contributed by atoms with Crippen molar-refractivity contribution in [3.63, 3.8) is 0 Å². The van der Waals surface area contributed by atoms with Crippen LogP contribution in [0.3, 0.4) is 0 Å². The number of fused-ring (bicyclic) bond motifs is 4. The summed E-state index contributed by atoms with van der Waals surface area (Å²) < 4.78 is 86.0. The molecule has 8 aliphatic heterocycles. The predicted molar refractivity (Wildman–Crippen MR) is 355 cm³/mol. The van der Waals surface area contributed by atoms with Gasteiger partial charge in [-0.15, -0.1) is 0 Å². The minimum atomic E-state index is -1.76. The molecule has 4 N–H and O–H groups in total. The van der Waals surface area contributed by atoms with Crippen LogP contribution in [0, 0.1) is 47.3 Å². The second-order valence-corrected chi connectivity index (χ2v) is 29.4. The summed E-state index contributed by atoms with van der Waals surface area (Å²) in [5.74, 6) is -3.59. The van der Waals surface area contributed by atoms with Crippen molar-refractivity contribution in [2.24, 2.45) is 47.3 Å². The van der Waals surface area contributed by atoms with Crippen LogP contribution in [0.2, 0.25) is 0 Å². The van der Waals surface area contributed by atoms with E-state index in [0.717, 1.165) is 30.4 Å². The largest absolute Gasteiger partial charge is 0.462 e. The highest BCUT2D eigenvalue weighted by Crippen LogP contribution is 2.51. The van der Waals surface area contributed by atoms with Gasteiger partial charge in [-0.2, -0.15) is 0 Å². The lowest BCUT2D eigenvalue weighted by Gasteiger charge is -2.51. The van der Waals surface area contributed by atoms with Gasteiger partial charge in [-0.1, -0.05) is 123 Å². The molecule has 6 fully saturated rings. The van der Waals surface area contributed by atoms with E-state index in [4.69, 9.17) is 66.3 Å². The third kappa shape index (κ3) is 17.2. The van der Waals surface area contributed by atoms with Gasteiger partial charge in [-0.25, -0.2) is 0 Å². The number of aliphatic hydroxyl groups excluding tert-OH is 2. The minimum absolute atomic E-state index is 0.0210. The number of ether oxygens (including phenoxy) is 14. The van der Waals surface area contributed by atoms with Crippen molar-refractivity contribution in [3.8, 4) is 0 Å². The van der Waals surface area contributed by atoms with Gasteiger partial charge in [0.1, 0.15) is 73.2 Å². The summed E-state index contributed by atoms with van der Waals surface area (Å²) in [6, 6.07) is 0. The first-order valence-corrected chi connectivity index (χ1v) is 35.3. The van der Waals surface area contributed by atoms with Crippen molar-refractivity contribution in [3.05, 3.63) is 94.2 Å². The Balaban J connectivity index is 0.000000223. The van der Waals surface area contributed by atoms with E-state index >= 15 is 0 Å². The van der Waals surface area contributed by atoms with Gasteiger partial charge in [0.15, 0.2) is 11.6 Å². The molecule has 10 aliphatic rings. The smallest absolute Gasteiger partial charge is 0.316 e. The zero-order valence-corrected chi connectivity index (χ0v) is 59.1. The fraction of sp³-hybridized carbons (Fsp3) is 0.760. The molecule has 20 nitrogen and oxygen atoms in total. The molecule has 0 saturated carbocycles. The minimum Gasteiger partial charge on any atom is -0.462 e. The van der Waals surface area contributed by atoms with Crippen LogP contribution in [0.4, 0.5) is 0 Å². The molecule has 0 aromatic carbocycles. The molecule has 0 amide bonds. The van der Waals surface area contributed by atoms with Gasteiger partial charge in [0.05, 0.1) is 76.3 Å². The van der Waals surface area contributed by atoms with E-state index in [1.807, 2.05) is 24.3 Å². The predicted octanol–water partition coefficient (Wildman–Crippen LogP) is 9.96. The Labute approximate surface area is 564 Å². The number of rotatable bonds is 15. The fourth-order valence-corrected chi connectivity index (χ4v) is 16.2. The summed E-state index contributed by atoms with van der Waals surface area (Å²) in [7, 11) is 3.27. The normalized spacial score (nSPS) is 44.1. The maximum Gasteiger partial charge on any atom is 0.316 e. The molecule has 6 saturated heterocycles. The molecule has 534 valence electrons. The van der Waals surface area contributed by atoms with Crippen LogP contribution in [0.25, 0.3) is 0 Å². The van der Waals surface area contributed by atoms with Gasteiger partial charge in [0.25, 0.3) is 0 Å². The van der Waals surface area contributed by atoms with Gasteiger partial charge in [0, 0.05) is 64.6 Å². The van der Waals surface area contributed by atoms with Gasteiger partial charge in [-0.3, -0.25) is 9.59 Å². The van der Waals surface area contributed by atoms with E-state index in [1.165, 1.54) is 0 Å². The Kier molecular flexibility index (Phi) is 26.3. The van der Waals surface area contributed by atoms with Crippen molar-refractivity contribution < 1.29 is 96.3 Å². The molecule has 23 atom stereocenters. The Morgan fingerprint density at radius 3 is 1.41 bits per heavy atom. The highest BCUT2D eigenvalue weighted by molar-refractivity contribution is 5.79. The number of allylic oxidation sites excluding steroid dienone is 4. The molecule has 4 bridgehead atoms. The molecule has 2 aliphatic carbocycles. The van der Waals surface area contributed by atoms with E-state index in [2.05, 4.69) is 81.4 Å². The molecule has 10 rings (SSSR count). The lowest BCUT2D eigenvalue weighted by molar-refractivity contribution is -0.341. The Morgan fingerprint density at radius 2 is 1.00 bits per heavy atom. The number of hydrogen-bond acceptors (Lipinski definition) is 20.